The van der Waals surface area contributed by atoms with Crippen molar-refractivity contribution in [2.75, 3.05) is 60.2 Å². The van der Waals surface area contributed by atoms with Crippen molar-refractivity contribution in [1.82, 2.24) is 10.2 Å². The lowest BCUT2D eigenvalue weighted by Gasteiger charge is -2.32. The van der Waals surface area contributed by atoms with E-state index in [0.717, 1.165) is 0 Å². The summed E-state index contributed by atoms with van der Waals surface area (Å²) in [5.74, 6) is 0.102. The summed E-state index contributed by atoms with van der Waals surface area (Å²) in [6.07, 6.45) is -0.00308. The van der Waals surface area contributed by atoms with Gasteiger partial charge >= 0.3 is 0 Å². The van der Waals surface area contributed by atoms with Crippen LogP contribution in [-0.2, 0) is 19.0 Å². The van der Waals surface area contributed by atoms with Crippen LogP contribution in [0, 0.1) is 0 Å². The van der Waals surface area contributed by atoms with Gasteiger partial charge < -0.3 is 24.4 Å². The Balaban J connectivity index is 2.21. The maximum atomic E-state index is 11.8. The van der Waals surface area contributed by atoms with Crippen LogP contribution in [0.5, 0.6) is 0 Å². The van der Waals surface area contributed by atoms with Crippen LogP contribution in [-0.4, -0.2) is 77.1 Å². The van der Waals surface area contributed by atoms with Gasteiger partial charge in [0.2, 0.25) is 5.91 Å². The van der Waals surface area contributed by atoms with E-state index in [1.807, 2.05) is 4.90 Å². The SMILES string of the molecule is COCCNCC(=O)N1CCOC(COC)C1. The molecule has 0 aliphatic carbocycles. The second kappa shape index (κ2) is 8.41. The average molecular weight is 246 g/mol. The minimum Gasteiger partial charge on any atom is -0.383 e. The molecular weight excluding hydrogens is 224 g/mol. The Labute approximate surface area is 102 Å². The number of morpholine rings is 1. The van der Waals surface area contributed by atoms with Crippen LogP contribution < -0.4 is 5.32 Å². The van der Waals surface area contributed by atoms with Gasteiger partial charge in [0.05, 0.1) is 32.5 Å². The van der Waals surface area contributed by atoms with Crippen molar-refractivity contribution >= 4 is 5.91 Å². The topological polar surface area (TPSA) is 60.0 Å². The smallest absolute Gasteiger partial charge is 0.236 e. The quantitative estimate of drug-likeness (QED) is 0.590. The molecule has 1 saturated heterocycles. The maximum absolute atomic E-state index is 11.8. The van der Waals surface area contributed by atoms with Gasteiger partial charge in [-0.05, 0) is 0 Å². The number of carbonyl (C=O) groups is 1. The van der Waals surface area contributed by atoms with Crippen molar-refractivity contribution in [3.8, 4) is 0 Å². The van der Waals surface area contributed by atoms with E-state index in [2.05, 4.69) is 5.32 Å². The molecule has 0 aromatic heterocycles. The number of rotatable bonds is 7. The molecule has 0 bridgehead atoms. The van der Waals surface area contributed by atoms with E-state index in [9.17, 15) is 4.79 Å². The number of ether oxygens (including phenoxy) is 3. The first kappa shape index (κ1) is 14.4. The van der Waals surface area contributed by atoms with E-state index in [-0.39, 0.29) is 12.0 Å². The Bertz CT molecular complexity index is 224. The Morgan fingerprint density at radius 3 is 3.00 bits per heavy atom. The van der Waals surface area contributed by atoms with Crippen LogP contribution in [0.1, 0.15) is 0 Å². The number of methoxy groups -OCH3 is 2. The fourth-order valence-electron chi connectivity index (χ4n) is 1.71. The molecule has 0 radical (unpaired) electrons. The Morgan fingerprint density at radius 2 is 2.29 bits per heavy atom. The van der Waals surface area contributed by atoms with Gasteiger partial charge in [0.25, 0.3) is 0 Å². The molecule has 100 valence electrons. The minimum atomic E-state index is -0.00308. The third-order valence-corrected chi connectivity index (χ3v) is 2.60. The molecule has 1 atom stereocenters. The molecule has 1 unspecified atom stereocenters. The standard InChI is InChI=1S/C11H22N2O4/c1-15-5-3-12-7-11(14)13-4-6-17-10(8-13)9-16-2/h10,12H,3-9H2,1-2H3. The molecular formula is C11H22N2O4. The third-order valence-electron chi connectivity index (χ3n) is 2.60. The highest BCUT2D eigenvalue weighted by atomic mass is 16.5. The first-order valence-corrected chi connectivity index (χ1v) is 5.86. The maximum Gasteiger partial charge on any atom is 0.236 e. The van der Waals surface area contributed by atoms with Crippen LogP contribution in [0.4, 0.5) is 0 Å². The molecule has 17 heavy (non-hydrogen) atoms. The molecule has 1 aliphatic rings. The molecule has 1 fully saturated rings. The average Bonchev–Trinajstić information content (AvgIpc) is 2.35. The fourth-order valence-corrected chi connectivity index (χ4v) is 1.71. The van der Waals surface area contributed by atoms with Crippen molar-refractivity contribution in [2.45, 2.75) is 6.10 Å². The number of hydrogen-bond donors (Lipinski definition) is 1. The predicted molar refractivity (Wildman–Crippen MR) is 62.9 cm³/mol. The van der Waals surface area contributed by atoms with Crippen LogP contribution in [0.15, 0.2) is 0 Å². The van der Waals surface area contributed by atoms with E-state index >= 15 is 0 Å². The van der Waals surface area contributed by atoms with Crippen LogP contribution in [0.3, 0.4) is 0 Å². The van der Waals surface area contributed by atoms with E-state index in [4.69, 9.17) is 14.2 Å². The minimum absolute atomic E-state index is 0.00308. The van der Waals surface area contributed by atoms with Crippen LogP contribution in [0.25, 0.3) is 0 Å². The van der Waals surface area contributed by atoms with Crippen molar-refractivity contribution in [2.24, 2.45) is 0 Å². The van der Waals surface area contributed by atoms with Crippen LogP contribution >= 0.6 is 0 Å². The van der Waals surface area contributed by atoms with Gasteiger partial charge in [0.15, 0.2) is 0 Å². The molecule has 1 rings (SSSR count). The third kappa shape index (κ3) is 5.45. The van der Waals surface area contributed by atoms with Gasteiger partial charge in [-0.3, -0.25) is 4.79 Å². The Kier molecular flexibility index (Phi) is 7.11. The molecule has 0 saturated carbocycles. The zero-order valence-electron chi connectivity index (χ0n) is 10.6. The Hall–Kier alpha value is -0.690. The summed E-state index contributed by atoms with van der Waals surface area (Å²) in [7, 11) is 3.28. The molecule has 1 amide bonds. The lowest BCUT2D eigenvalue weighted by molar-refractivity contribution is -0.139. The first-order valence-electron chi connectivity index (χ1n) is 5.86. The fraction of sp³-hybridized carbons (Fsp3) is 0.909. The normalized spacial score (nSPS) is 20.6. The number of nitrogens with zero attached hydrogens (tertiary/aromatic N) is 1. The molecule has 1 heterocycles. The van der Waals surface area contributed by atoms with Crippen molar-refractivity contribution in [3.05, 3.63) is 0 Å². The molecule has 6 heteroatoms. The van der Waals surface area contributed by atoms with Gasteiger partial charge in [-0.2, -0.15) is 0 Å². The molecule has 1 aliphatic heterocycles. The lowest BCUT2D eigenvalue weighted by atomic mass is 10.3. The zero-order valence-corrected chi connectivity index (χ0v) is 10.6. The van der Waals surface area contributed by atoms with Crippen molar-refractivity contribution in [1.29, 1.82) is 0 Å². The highest BCUT2D eigenvalue weighted by Crippen LogP contribution is 2.05. The summed E-state index contributed by atoms with van der Waals surface area (Å²) in [6.45, 7) is 4.03. The van der Waals surface area contributed by atoms with Crippen LogP contribution in [0.2, 0.25) is 0 Å². The van der Waals surface area contributed by atoms with Crippen molar-refractivity contribution < 1.29 is 19.0 Å². The van der Waals surface area contributed by atoms with Gasteiger partial charge in [-0.1, -0.05) is 0 Å². The second-order valence-electron chi connectivity index (χ2n) is 3.96. The second-order valence-corrected chi connectivity index (χ2v) is 3.96. The Morgan fingerprint density at radius 1 is 1.47 bits per heavy atom. The summed E-state index contributed by atoms with van der Waals surface area (Å²) in [6, 6.07) is 0. The lowest BCUT2D eigenvalue weighted by Crippen LogP contribution is -2.49. The summed E-state index contributed by atoms with van der Waals surface area (Å²) >= 11 is 0. The summed E-state index contributed by atoms with van der Waals surface area (Å²) in [5.41, 5.74) is 0. The van der Waals surface area contributed by atoms with Gasteiger partial charge in [0, 0.05) is 33.9 Å². The van der Waals surface area contributed by atoms with Gasteiger partial charge in [-0.25, -0.2) is 0 Å². The molecule has 0 aromatic carbocycles. The number of hydrogen-bond acceptors (Lipinski definition) is 5. The number of amides is 1. The zero-order chi connectivity index (χ0) is 12.5. The predicted octanol–water partition coefficient (Wildman–Crippen LogP) is -0.904. The highest BCUT2D eigenvalue weighted by Gasteiger charge is 2.23. The van der Waals surface area contributed by atoms with E-state index in [1.165, 1.54) is 0 Å². The van der Waals surface area contributed by atoms with Gasteiger partial charge in [-0.15, -0.1) is 0 Å². The largest absolute Gasteiger partial charge is 0.383 e. The highest BCUT2D eigenvalue weighted by molar-refractivity contribution is 5.78. The number of carbonyl (C=O) groups excluding carboxylic acids is 1. The van der Waals surface area contributed by atoms with E-state index in [1.54, 1.807) is 14.2 Å². The molecule has 0 aromatic rings. The van der Waals surface area contributed by atoms with E-state index in [0.29, 0.717) is 46.0 Å². The van der Waals surface area contributed by atoms with Crippen molar-refractivity contribution in [3.63, 3.8) is 0 Å². The molecule has 6 nitrogen and oxygen atoms in total. The summed E-state index contributed by atoms with van der Waals surface area (Å²) in [4.78, 5) is 13.6. The number of nitrogens with one attached hydrogen (secondary N) is 1. The van der Waals surface area contributed by atoms with Gasteiger partial charge in [0.1, 0.15) is 0 Å². The summed E-state index contributed by atoms with van der Waals surface area (Å²) in [5, 5.41) is 3.04. The monoisotopic (exact) mass is 246 g/mol. The summed E-state index contributed by atoms with van der Waals surface area (Å²) < 4.78 is 15.4. The molecule has 0 spiro atoms. The van der Waals surface area contributed by atoms with E-state index < -0.39 is 0 Å². The first-order chi connectivity index (χ1) is 8.27. The molecule has 1 N–H and O–H groups in total.